The monoisotopic (exact) mass is 334 g/mol. The molecule has 1 heterocycles. The molecular weight excluding hydrogens is 319 g/mol. The largest absolute Gasteiger partial charge is 0.507 e. The van der Waals surface area contributed by atoms with Gasteiger partial charge in [0, 0.05) is 22.9 Å². The molecule has 5 heteroatoms. The lowest BCUT2D eigenvalue weighted by molar-refractivity contribution is 0.100. The third-order valence-electron chi connectivity index (χ3n) is 4.45. The van der Waals surface area contributed by atoms with E-state index >= 15 is 0 Å². The van der Waals surface area contributed by atoms with Crippen LogP contribution in [0.15, 0.2) is 54.6 Å². The van der Waals surface area contributed by atoms with Gasteiger partial charge >= 0.3 is 0 Å². The van der Waals surface area contributed by atoms with Gasteiger partial charge in [-0.15, -0.1) is 0 Å². The van der Waals surface area contributed by atoms with Crippen LogP contribution in [0.2, 0.25) is 0 Å². The molecule has 4 N–H and O–H groups in total. The Balaban J connectivity index is 2.01. The first-order valence-corrected chi connectivity index (χ1v) is 7.84. The number of fused-ring (bicyclic) bond motifs is 3. The molecule has 0 saturated heterocycles. The topological polar surface area (TPSA) is 79.1 Å². The summed E-state index contributed by atoms with van der Waals surface area (Å²) in [5, 5.41) is 11.5. The lowest BCUT2D eigenvalue weighted by Crippen LogP contribution is -2.10. The van der Waals surface area contributed by atoms with E-state index < -0.39 is 5.91 Å². The Morgan fingerprint density at radius 2 is 1.80 bits per heavy atom. The van der Waals surface area contributed by atoms with Crippen LogP contribution in [0.3, 0.4) is 0 Å². The van der Waals surface area contributed by atoms with E-state index in [1.54, 1.807) is 42.5 Å². The Kier molecular flexibility index (Phi) is 3.42. The maximum Gasteiger partial charge on any atom is 0.249 e. The van der Waals surface area contributed by atoms with Crippen LogP contribution in [0.1, 0.15) is 21.5 Å². The standard InChI is InChI=1S/C20H15FN2O2/c21-14-6-2-1-4-11(14)10-12-8-9-16(24)18-17-13(20(22)25)5-3-7-15(17)23-19(12)18/h1-9,23-24H,10H2,(H2,22,25). The lowest BCUT2D eigenvalue weighted by Gasteiger charge is -2.07. The van der Waals surface area contributed by atoms with Gasteiger partial charge in [0.2, 0.25) is 5.91 Å². The summed E-state index contributed by atoms with van der Waals surface area (Å²) in [6, 6.07) is 15.1. The number of nitrogens with one attached hydrogen (secondary N) is 1. The Morgan fingerprint density at radius 3 is 2.56 bits per heavy atom. The van der Waals surface area contributed by atoms with Gasteiger partial charge in [-0.1, -0.05) is 30.3 Å². The number of amides is 1. The van der Waals surface area contributed by atoms with E-state index in [-0.39, 0.29) is 11.6 Å². The van der Waals surface area contributed by atoms with Crippen LogP contribution in [0, 0.1) is 5.82 Å². The van der Waals surface area contributed by atoms with Crippen LogP contribution in [0.5, 0.6) is 5.75 Å². The van der Waals surface area contributed by atoms with Crippen LogP contribution in [0.25, 0.3) is 21.8 Å². The molecular formula is C20H15FN2O2. The number of aromatic nitrogens is 1. The lowest BCUT2D eigenvalue weighted by atomic mass is 9.99. The quantitative estimate of drug-likeness (QED) is 0.532. The molecule has 0 aliphatic rings. The third-order valence-corrected chi connectivity index (χ3v) is 4.45. The zero-order chi connectivity index (χ0) is 17.6. The number of hydrogen-bond acceptors (Lipinski definition) is 2. The van der Waals surface area contributed by atoms with Gasteiger partial charge in [0.15, 0.2) is 0 Å². The average molecular weight is 334 g/mol. The van der Waals surface area contributed by atoms with Gasteiger partial charge in [0.05, 0.1) is 10.9 Å². The minimum Gasteiger partial charge on any atom is -0.507 e. The number of phenols is 1. The summed E-state index contributed by atoms with van der Waals surface area (Å²) < 4.78 is 14.0. The highest BCUT2D eigenvalue weighted by atomic mass is 19.1. The molecule has 3 aromatic carbocycles. The summed E-state index contributed by atoms with van der Waals surface area (Å²) in [4.78, 5) is 15.0. The summed E-state index contributed by atoms with van der Waals surface area (Å²) in [6.07, 6.45) is 0.363. The van der Waals surface area contributed by atoms with E-state index in [9.17, 15) is 14.3 Å². The summed E-state index contributed by atoms with van der Waals surface area (Å²) >= 11 is 0. The first-order chi connectivity index (χ1) is 12.1. The van der Waals surface area contributed by atoms with E-state index in [1.807, 2.05) is 6.07 Å². The highest BCUT2D eigenvalue weighted by Crippen LogP contribution is 2.37. The van der Waals surface area contributed by atoms with Gasteiger partial charge in [-0.25, -0.2) is 4.39 Å². The number of carbonyl (C=O) groups is 1. The number of H-pyrrole nitrogens is 1. The van der Waals surface area contributed by atoms with Crippen molar-refractivity contribution in [2.45, 2.75) is 6.42 Å². The number of phenolic OH excluding ortho intramolecular Hbond substituents is 1. The number of benzene rings is 3. The van der Waals surface area contributed by atoms with Crippen LogP contribution >= 0.6 is 0 Å². The molecule has 0 fully saturated rings. The first-order valence-electron chi connectivity index (χ1n) is 7.84. The Labute approximate surface area is 142 Å². The molecule has 124 valence electrons. The molecule has 25 heavy (non-hydrogen) atoms. The zero-order valence-corrected chi connectivity index (χ0v) is 13.2. The molecule has 1 amide bonds. The number of halogens is 1. The number of aromatic hydroxyl groups is 1. The molecule has 0 aliphatic heterocycles. The van der Waals surface area contributed by atoms with Crippen molar-refractivity contribution in [2.24, 2.45) is 5.73 Å². The molecule has 0 atom stereocenters. The highest BCUT2D eigenvalue weighted by molar-refractivity contribution is 6.19. The number of hydrogen-bond donors (Lipinski definition) is 3. The summed E-state index contributed by atoms with van der Waals surface area (Å²) in [5.74, 6) is -0.796. The molecule has 0 radical (unpaired) electrons. The Bertz CT molecular complexity index is 1130. The van der Waals surface area contributed by atoms with Gasteiger partial charge in [0.1, 0.15) is 11.6 Å². The predicted octanol–water partition coefficient (Wildman–Crippen LogP) is 3.86. The van der Waals surface area contributed by atoms with Crippen LogP contribution in [-0.2, 0) is 6.42 Å². The van der Waals surface area contributed by atoms with E-state index in [4.69, 9.17) is 5.73 Å². The molecule has 0 spiro atoms. The molecule has 0 unspecified atom stereocenters. The number of nitrogens with two attached hydrogens (primary N) is 1. The van der Waals surface area contributed by atoms with Crippen molar-refractivity contribution in [3.63, 3.8) is 0 Å². The van der Waals surface area contributed by atoms with Crippen molar-refractivity contribution < 1.29 is 14.3 Å². The van der Waals surface area contributed by atoms with Crippen molar-refractivity contribution in [2.75, 3.05) is 0 Å². The number of primary amides is 1. The fourth-order valence-corrected chi connectivity index (χ4v) is 3.29. The van der Waals surface area contributed by atoms with Gasteiger partial charge in [-0.2, -0.15) is 0 Å². The molecule has 0 bridgehead atoms. The fourth-order valence-electron chi connectivity index (χ4n) is 3.29. The zero-order valence-electron chi connectivity index (χ0n) is 13.2. The van der Waals surface area contributed by atoms with Gasteiger partial charge < -0.3 is 15.8 Å². The molecule has 1 aromatic heterocycles. The van der Waals surface area contributed by atoms with Crippen molar-refractivity contribution in [1.29, 1.82) is 0 Å². The molecule has 0 aliphatic carbocycles. The normalized spacial score (nSPS) is 11.2. The van der Waals surface area contributed by atoms with E-state index in [1.165, 1.54) is 6.07 Å². The number of carbonyl (C=O) groups excluding carboxylic acids is 1. The van der Waals surface area contributed by atoms with Crippen molar-refractivity contribution in [3.8, 4) is 5.75 Å². The maximum atomic E-state index is 14.0. The smallest absolute Gasteiger partial charge is 0.249 e. The average Bonchev–Trinajstić information content (AvgIpc) is 2.99. The first kappa shape index (κ1) is 15.2. The van der Waals surface area contributed by atoms with Gasteiger partial charge in [-0.3, -0.25) is 4.79 Å². The van der Waals surface area contributed by atoms with Crippen LogP contribution in [-0.4, -0.2) is 16.0 Å². The fraction of sp³-hybridized carbons (Fsp3) is 0.0500. The second-order valence-electron chi connectivity index (χ2n) is 5.98. The number of rotatable bonds is 3. The highest BCUT2D eigenvalue weighted by Gasteiger charge is 2.17. The van der Waals surface area contributed by atoms with Crippen LogP contribution < -0.4 is 5.73 Å². The van der Waals surface area contributed by atoms with Crippen molar-refractivity contribution in [3.05, 3.63) is 77.1 Å². The molecule has 4 rings (SSSR count). The second kappa shape index (κ2) is 5.63. The van der Waals surface area contributed by atoms with Crippen molar-refractivity contribution >= 4 is 27.7 Å². The van der Waals surface area contributed by atoms with Gasteiger partial charge in [0.25, 0.3) is 0 Å². The second-order valence-corrected chi connectivity index (χ2v) is 5.98. The number of aromatic amines is 1. The summed E-state index contributed by atoms with van der Waals surface area (Å²) in [6.45, 7) is 0. The molecule has 0 saturated carbocycles. The third kappa shape index (κ3) is 2.41. The summed E-state index contributed by atoms with van der Waals surface area (Å²) in [7, 11) is 0. The minimum atomic E-state index is -0.564. The molecule has 4 nitrogen and oxygen atoms in total. The Morgan fingerprint density at radius 1 is 1.00 bits per heavy atom. The molecule has 4 aromatic rings. The maximum absolute atomic E-state index is 14.0. The predicted molar refractivity (Wildman–Crippen MR) is 95.2 cm³/mol. The van der Waals surface area contributed by atoms with E-state index in [0.29, 0.717) is 39.4 Å². The SMILES string of the molecule is NC(=O)c1cccc2[nH]c3c(Cc4ccccc4F)ccc(O)c3c12. The van der Waals surface area contributed by atoms with Crippen molar-refractivity contribution in [1.82, 2.24) is 4.98 Å². The minimum absolute atomic E-state index is 0.0484. The van der Waals surface area contributed by atoms with Crippen LogP contribution in [0.4, 0.5) is 4.39 Å². The van der Waals surface area contributed by atoms with E-state index in [2.05, 4.69) is 4.98 Å². The summed E-state index contributed by atoms with van der Waals surface area (Å²) in [5.41, 5.74) is 8.56. The van der Waals surface area contributed by atoms with Gasteiger partial charge in [-0.05, 0) is 35.4 Å². The van der Waals surface area contributed by atoms with E-state index in [0.717, 1.165) is 5.56 Å². The Hall–Kier alpha value is -3.34.